The van der Waals surface area contributed by atoms with Crippen LogP contribution in [0.4, 0.5) is 0 Å². The fourth-order valence-electron chi connectivity index (χ4n) is 3.52. The third-order valence-corrected chi connectivity index (χ3v) is 7.35. The summed E-state index contributed by atoms with van der Waals surface area (Å²) in [7, 11) is 0. The molecule has 0 spiro atoms. The SMILES string of the molecule is C[C@@H](Sc1ncnc2sc(-c3ccccc3)cc12)C(=O)NCCC1=CCCCC1. The Morgan fingerprint density at radius 3 is 2.90 bits per heavy atom. The lowest BCUT2D eigenvalue weighted by Gasteiger charge is -2.15. The van der Waals surface area contributed by atoms with Crippen LogP contribution in [0.2, 0.25) is 0 Å². The van der Waals surface area contributed by atoms with Crippen molar-refractivity contribution in [3.63, 3.8) is 0 Å². The molecule has 0 fully saturated rings. The number of allylic oxidation sites excluding steroid dienone is 1. The van der Waals surface area contributed by atoms with Crippen LogP contribution in [0.15, 0.2) is 59.4 Å². The Kier molecular flexibility index (Phi) is 6.62. The molecular formula is C23H25N3OS2. The summed E-state index contributed by atoms with van der Waals surface area (Å²) in [5, 5.41) is 4.78. The van der Waals surface area contributed by atoms with E-state index in [0.29, 0.717) is 6.54 Å². The molecule has 2 aromatic heterocycles. The largest absolute Gasteiger partial charge is 0.355 e. The highest BCUT2D eigenvalue weighted by Gasteiger charge is 2.18. The molecule has 0 aliphatic heterocycles. The molecular weight excluding hydrogens is 398 g/mol. The third-order valence-electron chi connectivity index (χ3n) is 5.14. The quantitative estimate of drug-likeness (QED) is 0.294. The number of hydrogen-bond donors (Lipinski definition) is 1. The van der Waals surface area contributed by atoms with Gasteiger partial charge in [-0.2, -0.15) is 0 Å². The summed E-state index contributed by atoms with van der Waals surface area (Å²) < 4.78 is 0. The number of aromatic nitrogens is 2. The van der Waals surface area contributed by atoms with E-state index in [2.05, 4.69) is 39.6 Å². The highest BCUT2D eigenvalue weighted by Crippen LogP contribution is 2.37. The second-order valence-corrected chi connectivity index (χ2v) is 9.64. The molecule has 1 N–H and O–H groups in total. The number of carbonyl (C=O) groups is 1. The van der Waals surface area contributed by atoms with Crippen molar-refractivity contribution >= 4 is 39.2 Å². The lowest BCUT2D eigenvalue weighted by Crippen LogP contribution is -2.31. The number of rotatable bonds is 7. The first-order valence-electron chi connectivity index (χ1n) is 10.1. The van der Waals surface area contributed by atoms with Crippen LogP contribution in [0.5, 0.6) is 0 Å². The van der Waals surface area contributed by atoms with Crippen molar-refractivity contribution in [1.29, 1.82) is 0 Å². The van der Waals surface area contributed by atoms with E-state index in [4.69, 9.17) is 0 Å². The number of fused-ring (bicyclic) bond motifs is 1. The Morgan fingerprint density at radius 2 is 2.10 bits per heavy atom. The molecule has 1 amide bonds. The Bertz CT molecular complexity index is 1010. The van der Waals surface area contributed by atoms with E-state index in [1.807, 2.05) is 25.1 Å². The predicted molar refractivity (Wildman–Crippen MR) is 122 cm³/mol. The van der Waals surface area contributed by atoms with E-state index in [9.17, 15) is 4.79 Å². The van der Waals surface area contributed by atoms with Crippen LogP contribution in [0, 0.1) is 0 Å². The Morgan fingerprint density at radius 1 is 1.24 bits per heavy atom. The molecule has 150 valence electrons. The van der Waals surface area contributed by atoms with Gasteiger partial charge in [-0.3, -0.25) is 4.79 Å². The molecule has 0 saturated carbocycles. The minimum atomic E-state index is -0.200. The summed E-state index contributed by atoms with van der Waals surface area (Å²) >= 11 is 3.16. The average molecular weight is 424 g/mol. The number of thioether (sulfide) groups is 1. The summed E-state index contributed by atoms with van der Waals surface area (Å²) in [4.78, 5) is 23.6. The highest BCUT2D eigenvalue weighted by atomic mass is 32.2. The third kappa shape index (κ3) is 5.06. The number of benzene rings is 1. The van der Waals surface area contributed by atoms with E-state index >= 15 is 0 Å². The maximum absolute atomic E-state index is 12.6. The lowest BCUT2D eigenvalue weighted by molar-refractivity contribution is -0.120. The zero-order valence-corrected chi connectivity index (χ0v) is 18.2. The number of thiophene rings is 1. The minimum absolute atomic E-state index is 0.0664. The van der Waals surface area contributed by atoms with Crippen molar-refractivity contribution in [2.45, 2.75) is 49.3 Å². The molecule has 1 aromatic carbocycles. The van der Waals surface area contributed by atoms with Gasteiger partial charge in [0, 0.05) is 16.8 Å². The monoisotopic (exact) mass is 423 g/mol. The van der Waals surface area contributed by atoms with Crippen molar-refractivity contribution in [1.82, 2.24) is 15.3 Å². The average Bonchev–Trinajstić information content (AvgIpc) is 3.20. The molecule has 1 aliphatic carbocycles. The predicted octanol–water partition coefficient (Wildman–Crippen LogP) is 5.85. The first kappa shape index (κ1) is 20.1. The van der Waals surface area contributed by atoms with Gasteiger partial charge in [0.25, 0.3) is 0 Å². The summed E-state index contributed by atoms with van der Waals surface area (Å²) in [6.07, 6.45) is 9.84. The van der Waals surface area contributed by atoms with Crippen LogP contribution in [0.3, 0.4) is 0 Å². The first-order chi connectivity index (χ1) is 14.2. The van der Waals surface area contributed by atoms with Gasteiger partial charge in [-0.15, -0.1) is 11.3 Å². The molecule has 0 radical (unpaired) electrons. The van der Waals surface area contributed by atoms with E-state index < -0.39 is 0 Å². The maximum Gasteiger partial charge on any atom is 0.233 e. The van der Waals surface area contributed by atoms with E-state index in [1.54, 1.807) is 17.7 Å². The molecule has 0 unspecified atom stereocenters. The first-order valence-corrected chi connectivity index (χ1v) is 11.8. The number of carbonyl (C=O) groups excluding carboxylic acids is 1. The summed E-state index contributed by atoms with van der Waals surface area (Å²) in [6, 6.07) is 12.4. The topological polar surface area (TPSA) is 54.9 Å². The number of hydrogen-bond acceptors (Lipinski definition) is 5. The van der Waals surface area contributed by atoms with E-state index in [1.165, 1.54) is 53.5 Å². The van der Waals surface area contributed by atoms with Crippen LogP contribution in [0.1, 0.15) is 39.0 Å². The highest BCUT2D eigenvalue weighted by molar-refractivity contribution is 8.00. The van der Waals surface area contributed by atoms with Gasteiger partial charge in [0.1, 0.15) is 16.2 Å². The van der Waals surface area contributed by atoms with Gasteiger partial charge < -0.3 is 5.32 Å². The van der Waals surface area contributed by atoms with Gasteiger partial charge in [0.2, 0.25) is 5.91 Å². The molecule has 6 heteroatoms. The Balaban J connectivity index is 1.41. The van der Waals surface area contributed by atoms with Crippen molar-refractivity contribution in [2.24, 2.45) is 0 Å². The van der Waals surface area contributed by atoms with Crippen LogP contribution in [0.25, 0.3) is 20.7 Å². The zero-order valence-electron chi connectivity index (χ0n) is 16.6. The van der Waals surface area contributed by atoms with Gasteiger partial charge in [-0.05, 0) is 50.7 Å². The smallest absolute Gasteiger partial charge is 0.233 e. The fourth-order valence-corrected chi connectivity index (χ4v) is 5.50. The summed E-state index contributed by atoms with van der Waals surface area (Å²) in [5.74, 6) is 0.0664. The molecule has 0 bridgehead atoms. The molecule has 1 aliphatic rings. The van der Waals surface area contributed by atoms with Crippen LogP contribution >= 0.6 is 23.1 Å². The van der Waals surface area contributed by atoms with Crippen molar-refractivity contribution in [3.05, 3.63) is 54.4 Å². The van der Waals surface area contributed by atoms with Crippen LogP contribution in [-0.4, -0.2) is 27.7 Å². The van der Waals surface area contributed by atoms with E-state index in [-0.39, 0.29) is 11.2 Å². The molecule has 2 heterocycles. The van der Waals surface area contributed by atoms with Crippen molar-refractivity contribution in [3.8, 4) is 10.4 Å². The molecule has 29 heavy (non-hydrogen) atoms. The minimum Gasteiger partial charge on any atom is -0.355 e. The van der Waals surface area contributed by atoms with Gasteiger partial charge in [-0.25, -0.2) is 9.97 Å². The molecule has 4 nitrogen and oxygen atoms in total. The fraction of sp³-hybridized carbons (Fsp3) is 0.348. The van der Waals surface area contributed by atoms with E-state index in [0.717, 1.165) is 21.7 Å². The Hall–Kier alpha value is -2.18. The van der Waals surface area contributed by atoms with Crippen molar-refractivity contribution < 1.29 is 4.79 Å². The second-order valence-electron chi connectivity index (χ2n) is 7.28. The van der Waals surface area contributed by atoms with Crippen LogP contribution < -0.4 is 5.32 Å². The molecule has 1 atom stereocenters. The maximum atomic E-state index is 12.6. The standard InChI is InChI=1S/C23H25N3OS2/c1-16(21(27)24-13-12-17-8-4-2-5-9-17)28-22-19-14-20(18-10-6-3-7-11-18)29-23(19)26-15-25-22/h3,6-8,10-11,14-16H,2,4-5,9,12-13H2,1H3,(H,24,27)/t16-/m1/s1. The van der Waals surface area contributed by atoms with Gasteiger partial charge >= 0.3 is 0 Å². The molecule has 3 aromatic rings. The van der Waals surface area contributed by atoms with Crippen molar-refractivity contribution in [2.75, 3.05) is 6.54 Å². The second kappa shape index (κ2) is 9.55. The van der Waals surface area contributed by atoms with Gasteiger partial charge in [-0.1, -0.05) is 53.7 Å². The molecule has 0 saturated heterocycles. The summed E-state index contributed by atoms with van der Waals surface area (Å²) in [6.45, 7) is 2.66. The number of amides is 1. The number of nitrogens with one attached hydrogen (secondary N) is 1. The molecule has 4 rings (SSSR count). The Labute approximate surface area is 179 Å². The van der Waals surface area contributed by atoms with Gasteiger partial charge in [0.05, 0.1) is 5.25 Å². The number of nitrogens with zero attached hydrogens (tertiary/aromatic N) is 2. The summed E-state index contributed by atoms with van der Waals surface area (Å²) in [5.41, 5.74) is 2.66. The van der Waals surface area contributed by atoms with Crippen LogP contribution in [-0.2, 0) is 4.79 Å². The van der Waals surface area contributed by atoms with Gasteiger partial charge in [0.15, 0.2) is 0 Å². The normalized spacial score (nSPS) is 15.1. The lowest BCUT2D eigenvalue weighted by atomic mass is 9.97. The zero-order chi connectivity index (χ0) is 20.1.